The highest BCUT2D eigenvalue weighted by molar-refractivity contribution is 7.86. The lowest BCUT2D eigenvalue weighted by Gasteiger charge is -2.36. The minimum Gasteiger partial charge on any atom is -0.349 e. The molecule has 2 aliphatic heterocycles. The Balaban J connectivity index is 1.73. The van der Waals surface area contributed by atoms with Gasteiger partial charge >= 0.3 is 0 Å². The van der Waals surface area contributed by atoms with Crippen molar-refractivity contribution in [2.24, 2.45) is 0 Å². The lowest BCUT2D eigenvalue weighted by molar-refractivity contribution is -0.0776. The number of hydrogen-bond acceptors (Lipinski definition) is 4. The van der Waals surface area contributed by atoms with Crippen LogP contribution in [-0.4, -0.2) is 62.2 Å². The van der Waals surface area contributed by atoms with E-state index >= 15 is 0 Å². The van der Waals surface area contributed by atoms with Crippen LogP contribution in [0.1, 0.15) is 44.9 Å². The topological polar surface area (TPSA) is 59.1 Å². The summed E-state index contributed by atoms with van der Waals surface area (Å²) in [6, 6.07) is -0.0149. The Kier molecular flexibility index (Phi) is 4.85. The van der Waals surface area contributed by atoms with Crippen molar-refractivity contribution < 1.29 is 17.9 Å². The number of ether oxygens (including phenoxy) is 2. The summed E-state index contributed by atoms with van der Waals surface area (Å²) in [5, 5.41) is 0. The predicted molar refractivity (Wildman–Crippen MR) is 79.0 cm³/mol. The van der Waals surface area contributed by atoms with Gasteiger partial charge in [-0.2, -0.15) is 17.0 Å². The Morgan fingerprint density at radius 2 is 1.67 bits per heavy atom. The van der Waals surface area contributed by atoms with Crippen molar-refractivity contribution in [2.75, 3.05) is 26.8 Å². The molecule has 1 atom stereocenters. The Labute approximate surface area is 127 Å². The molecule has 0 bridgehead atoms. The lowest BCUT2D eigenvalue weighted by atomic mass is 9.96. The van der Waals surface area contributed by atoms with Gasteiger partial charge in [-0.05, 0) is 25.7 Å². The van der Waals surface area contributed by atoms with Crippen molar-refractivity contribution in [3.63, 3.8) is 0 Å². The lowest BCUT2D eigenvalue weighted by Crippen LogP contribution is -2.51. The fourth-order valence-corrected chi connectivity index (χ4v) is 5.55. The van der Waals surface area contributed by atoms with E-state index in [0.29, 0.717) is 19.8 Å². The second-order valence-electron chi connectivity index (χ2n) is 6.25. The first-order valence-corrected chi connectivity index (χ1v) is 9.48. The van der Waals surface area contributed by atoms with Crippen molar-refractivity contribution in [3.05, 3.63) is 0 Å². The van der Waals surface area contributed by atoms with Gasteiger partial charge in [0, 0.05) is 19.6 Å². The SMILES string of the molecule is CN(C1CCCCC1)S(=O)(=O)N1CCCC1C1OCCO1. The summed E-state index contributed by atoms with van der Waals surface area (Å²) in [6.45, 7) is 1.70. The molecule has 0 radical (unpaired) electrons. The third-order valence-electron chi connectivity index (χ3n) is 4.96. The Morgan fingerprint density at radius 3 is 2.33 bits per heavy atom. The Bertz CT molecular complexity index is 444. The van der Waals surface area contributed by atoms with Crippen molar-refractivity contribution in [1.82, 2.24) is 8.61 Å². The van der Waals surface area contributed by atoms with E-state index in [2.05, 4.69) is 0 Å². The number of hydrogen-bond donors (Lipinski definition) is 0. The molecule has 6 nitrogen and oxygen atoms in total. The molecule has 21 heavy (non-hydrogen) atoms. The zero-order chi connectivity index (χ0) is 14.9. The second-order valence-corrected chi connectivity index (χ2v) is 8.19. The van der Waals surface area contributed by atoms with Crippen LogP contribution in [0.5, 0.6) is 0 Å². The molecule has 0 spiro atoms. The molecule has 1 saturated carbocycles. The average molecular weight is 318 g/mol. The minimum absolute atomic E-state index is 0.149. The first kappa shape index (κ1) is 15.7. The van der Waals surface area contributed by atoms with E-state index in [4.69, 9.17) is 9.47 Å². The normalized spacial score (nSPS) is 30.5. The first-order valence-electron chi connectivity index (χ1n) is 8.09. The van der Waals surface area contributed by atoms with Crippen LogP contribution in [-0.2, 0) is 19.7 Å². The predicted octanol–water partition coefficient (Wildman–Crippen LogP) is 1.33. The van der Waals surface area contributed by atoms with Crippen LogP contribution in [0.25, 0.3) is 0 Å². The Hall–Kier alpha value is -0.210. The molecule has 3 fully saturated rings. The highest BCUT2D eigenvalue weighted by Crippen LogP contribution is 2.31. The summed E-state index contributed by atoms with van der Waals surface area (Å²) in [5.74, 6) is 0. The quantitative estimate of drug-likeness (QED) is 0.785. The molecule has 3 aliphatic rings. The van der Waals surface area contributed by atoms with Gasteiger partial charge in [0.1, 0.15) is 0 Å². The van der Waals surface area contributed by atoms with Gasteiger partial charge in [-0.1, -0.05) is 19.3 Å². The van der Waals surface area contributed by atoms with Gasteiger partial charge in [0.2, 0.25) is 0 Å². The van der Waals surface area contributed by atoms with Gasteiger partial charge in [0.05, 0.1) is 19.3 Å². The molecule has 1 aliphatic carbocycles. The van der Waals surface area contributed by atoms with Gasteiger partial charge in [-0.3, -0.25) is 0 Å². The fourth-order valence-electron chi connectivity index (χ4n) is 3.72. The molecule has 122 valence electrons. The molecular weight excluding hydrogens is 292 g/mol. The number of rotatable bonds is 4. The maximum absolute atomic E-state index is 12.9. The fraction of sp³-hybridized carbons (Fsp3) is 1.00. The van der Waals surface area contributed by atoms with Crippen molar-refractivity contribution >= 4 is 10.2 Å². The first-order chi connectivity index (χ1) is 10.1. The molecule has 0 N–H and O–H groups in total. The van der Waals surface area contributed by atoms with E-state index in [1.165, 1.54) is 6.42 Å². The van der Waals surface area contributed by atoms with Gasteiger partial charge < -0.3 is 9.47 Å². The smallest absolute Gasteiger partial charge is 0.282 e. The van der Waals surface area contributed by atoms with E-state index in [-0.39, 0.29) is 18.4 Å². The maximum atomic E-state index is 12.9. The molecule has 3 rings (SSSR count). The van der Waals surface area contributed by atoms with E-state index < -0.39 is 10.2 Å². The minimum atomic E-state index is -3.42. The van der Waals surface area contributed by atoms with Crippen molar-refractivity contribution in [2.45, 2.75) is 63.3 Å². The largest absolute Gasteiger partial charge is 0.349 e. The standard InChI is InChI=1S/C14H26N2O4S/c1-15(12-6-3-2-4-7-12)21(17,18)16-9-5-8-13(16)14-19-10-11-20-14/h12-14H,2-11H2,1H3. The third kappa shape index (κ3) is 3.12. The summed E-state index contributed by atoms with van der Waals surface area (Å²) >= 11 is 0. The van der Waals surface area contributed by atoms with Gasteiger partial charge in [0.25, 0.3) is 10.2 Å². The van der Waals surface area contributed by atoms with E-state index in [1.807, 2.05) is 0 Å². The molecule has 0 aromatic carbocycles. The maximum Gasteiger partial charge on any atom is 0.282 e. The Morgan fingerprint density at radius 1 is 1.00 bits per heavy atom. The third-order valence-corrected chi connectivity index (χ3v) is 7.03. The van der Waals surface area contributed by atoms with E-state index in [1.54, 1.807) is 15.7 Å². The van der Waals surface area contributed by atoms with Crippen LogP contribution >= 0.6 is 0 Å². The summed E-state index contributed by atoms with van der Waals surface area (Å²) < 4.78 is 40.2. The molecular formula is C14H26N2O4S. The van der Waals surface area contributed by atoms with Gasteiger partial charge in [-0.15, -0.1) is 0 Å². The average Bonchev–Trinajstić information content (AvgIpc) is 3.17. The van der Waals surface area contributed by atoms with Gasteiger partial charge in [0.15, 0.2) is 6.29 Å². The molecule has 0 aromatic heterocycles. The molecule has 2 heterocycles. The highest BCUT2D eigenvalue weighted by atomic mass is 32.2. The van der Waals surface area contributed by atoms with Crippen LogP contribution in [0.2, 0.25) is 0 Å². The zero-order valence-electron chi connectivity index (χ0n) is 12.7. The summed E-state index contributed by atoms with van der Waals surface area (Å²) in [5.41, 5.74) is 0. The second kappa shape index (κ2) is 6.50. The summed E-state index contributed by atoms with van der Waals surface area (Å²) in [4.78, 5) is 0. The molecule has 0 amide bonds. The monoisotopic (exact) mass is 318 g/mol. The van der Waals surface area contributed by atoms with Crippen molar-refractivity contribution in [3.8, 4) is 0 Å². The van der Waals surface area contributed by atoms with Gasteiger partial charge in [-0.25, -0.2) is 0 Å². The molecule has 0 aromatic rings. The van der Waals surface area contributed by atoms with Crippen LogP contribution in [0.3, 0.4) is 0 Å². The highest BCUT2D eigenvalue weighted by Gasteiger charge is 2.44. The summed E-state index contributed by atoms with van der Waals surface area (Å²) in [6.07, 6.45) is 6.75. The van der Waals surface area contributed by atoms with Crippen LogP contribution in [0.4, 0.5) is 0 Å². The van der Waals surface area contributed by atoms with Crippen LogP contribution in [0.15, 0.2) is 0 Å². The van der Waals surface area contributed by atoms with Crippen LogP contribution in [0, 0.1) is 0 Å². The number of nitrogens with zero attached hydrogens (tertiary/aromatic N) is 2. The molecule has 7 heteroatoms. The summed E-state index contributed by atoms with van der Waals surface area (Å²) in [7, 11) is -1.69. The van der Waals surface area contributed by atoms with Crippen LogP contribution < -0.4 is 0 Å². The molecule has 1 unspecified atom stereocenters. The van der Waals surface area contributed by atoms with E-state index in [9.17, 15) is 8.42 Å². The van der Waals surface area contributed by atoms with Crippen molar-refractivity contribution in [1.29, 1.82) is 0 Å². The zero-order valence-corrected chi connectivity index (χ0v) is 13.6. The molecule has 2 saturated heterocycles. The van der Waals surface area contributed by atoms with E-state index in [0.717, 1.165) is 38.5 Å².